The highest BCUT2D eigenvalue weighted by atomic mass is 32.2. The molecule has 0 bridgehead atoms. The van der Waals surface area contributed by atoms with Crippen LogP contribution in [0.25, 0.3) is 10.2 Å². The predicted octanol–water partition coefficient (Wildman–Crippen LogP) is 5.16. The Hall–Kier alpha value is -2.64. The van der Waals surface area contributed by atoms with Crippen LogP contribution in [0, 0.1) is 6.92 Å². The zero-order chi connectivity index (χ0) is 19.5. The quantitative estimate of drug-likeness (QED) is 0.412. The number of hydrogen-bond acceptors (Lipinski definition) is 6. The number of hydrogen-bond donors (Lipinski definition) is 0. The van der Waals surface area contributed by atoms with Crippen molar-refractivity contribution >= 4 is 39.2 Å². The summed E-state index contributed by atoms with van der Waals surface area (Å²) in [5, 5.41) is 4.95. The van der Waals surface area contributed by atoms with Crippen molar-refractivity contribution in [3.8, 4) is 0 Å². The van der Waals surface area contributed by atoms with Gasteiger partial charge >= 0.3 is 0 Å². The van der Waals surface area contributed by atoms with E-state index in [9.17, 15) is 4.79 Å². The van der Waals surface area contributed by atoms with Crippen LogP contribution in [-0.4, -0.2) is 28.0 Å². The molecule has 0 atom stereocenters. The number of aryl methyl sites for hydroxylation is 1. The summed E-state index contributed by atoms with van der Waals surface area (Å²) in [6, 6.07) is 17.6. The minimum atomic E-state index is -0.0151. The molecule has 1 amide bonds. The maximum absolute atomic E-state index is 13.1. The molecule has 0 aliphatic heterocycles. The van der Waals surface area contributed by atoms with Crippen molar-refractivity contribution in [3.63, 3.8) is 0 Å². The van der Waals surface area contributed by atoms with Gasteiger partial charge in [0.2, 0.25) is 0 Å². The molecule has 4 rings (SSSR count). The number of thiazole rings is 1. The predicted molar refractivity (Wildman–Crippen MR) is 113 cm³/mol. The standard InChI is InChI=1S/C21H19N3O2S2/c1-14-11-15(23-26-14)13-27-18-9-5-3-7-16(18)21(25)24(2)12-20-22-17-8-4-6-10-19(17)28-20/h3-11H,12-13H2,1-2H3. The maximum atomic E-state index is 13.1. The van der Waals surface area contributed by atoms with E-state index in [1.165, 1.54) is 0 Å². The molecular formula is C21H19N3O2S2. The van der Waals surface area contributed by atoms with E-state index in [2.05, 4.69) is 16.2 Å². The largest absolute Gasteiger partial charge is 0.361 e. The minimum absolute atomic E-state index is 0.0151. The van der Waals surface area contributed by atoms with Crippen molar-refractivity contribution in [2.75, 3.05) is 7.05 Å². The Labute approximate surface area is 171 Å². The number of rotatable bonds is 6. The summed E-state index contributed by atoms with van der Waals surface area (Å²) in [4.78, 5) is 20.3. The van der Waals surface area contributed by atoms with Crippen LogP contribution in [0.4, 0.5) is 0 Å². The van der Waals surface area contributed by atoms with Crippen molar-refractivity contribution in [3.05, 3.63) is 76.6 Å². The Morgan fingerprint density at radius 3 is 2.75 bits per heavy atom. The van der Waals surface area contributed by atoms with Crippen LogP contribution < -0.4 is 0 Å². The lowest BCUT2D eigenvalue weighted by molar-refractivity contribution is 0.0781. The first-order valence-electron chi connectivity index (χ1n) is 8.84. The third kappa shape index (κ3) is 4.10. The third-order valence-corrected chi connectivity index (χ3v) is 6.36. The van der Waals surface area contributed by atoms with Crippen LogP contribution in [0.1, 0.15) is 26.8 Å². The number of benzene rings is 2. The smallest absolute Gasteiger partial charge is 0.255 e. The van der Waals surface area contributed by atoms with Crippen LogP contribution in [0.2, 0.25) is 0 Å². The van der Waals surface area contributed by atoms with Gasteiger partial charge in [-0.1, -0.05) is 29.4 Å². The fourth-order valence-corrected chi connectivity index (χ4v) is 4.82. The van der Waals surface area contributed by atoms with E-state index in [-0.39, 0.29) is 5.91 Å². The lowest BCUT2D eigenvalue weighted by atomic mass is 10.2. The second-order valence-electron chi connectivity index (χ2n) is 6.45. The van der Waals surface area contributed by atoms with Gasteiger partial charge in [-0.05, 0) is 31.2 Å². The molecule has 0 radical (unpaired) electrons. The highest BCUT2D eigenvalue weighted by molar-refractivity contribution is 7.98. The lowest BCUT2D eigenvalue weighted by Gasteiger charge is -2.17. The van der Waals surface area contributed by atoms with Crippen molar-refractivity contribution < 1.29 is 9.32 Å². The van der Waals surface area contributed by atoms with Gasteiger partial charge in [0.1, 0.15) is 10.8 Å². The van der Waals surface area contributed by atoms with Crippen molar-refractivity contribution in [1.82, 2.24) is 15.0 Å². The van der Waals surface area contributed by atoms with Crippen LogP contribution in [-0.2, 0) is 12.3 Å². The molecule has 7 heteroatoms. The van der Waals surface area contributed by atoms with Crippen LogP contribution in [0.3, 0.4) is 0 Å². The van der Waals surface area contributed by atoms with Gasteiger partial charge in [0, 0.05) is 23.8 Å². The highest BCUT2D eigenvalue weighted by Crippen LogP contribution is 2.28. The Morgan fingerprint density at radius 1 is 1.18 bits per heavy atom. The number of amides is 1. The van der Waals surface area contributed by atoms with E-state index < -0.39 is 0 Å². The Kier molecular flexibility index (Phi) is 5.45. The summed E-state index contributed by atoms with van der Waals surface area (Å²) in [6.07, 6.45) is 0. The molecule has 0 saturated heterocycles. The second kappa shape index (κ2) is 8.16. The molecule has 0 aliphatic rings. The number of thioether (sulfide) groups is 1. The van der Waals surface area contributed by atoms with Crippen molar-refractivity contribution in [2.45, 2.75) is 24.1 Å². The Morgan fingerprint density at radius 2 is 1.96 bits per heavy atom. The molecule has 0 aliphatic carbocycles. The zero-order valence-electron chi connectivity index (χ0n) is 15.6. The first kappa shape index (κ1) is 18.7. The molecule has 28 heavy (non-hydrogen) atoms. The normalized spacial score (nSPS) is 11.1. The van der Waals surface area contributed by atoms with Gasteiger partial charge in [-0.3, -0.25) is 4.79 Å². The molecular weight excluding hydrogens is 390 g/mol. The number of fused-ring (bicyclic) bond motifs is 1. The molecule has 142 valence electrons. The van der Waals surface area contributed by atoms with Gasteiger partial charge in [0.05, 0.1) is 28.0 Å². The van der Waals surface area contributed by atoms with Crippen LogP contribution >= 0.6 is 23.1 Å². The van der Waals surface area contributed by atoms with E-state index in [0.29, 0.717) is 17.9 Å². The molecule has 0 fully saturated rings. The number of aromatic nitrogens is 2. The molecule has 0 saturated carbocycles. The Bertz CT molecular complexity index is 1090. The number of nitrogens with zero attached hydrogens (tertiary/aromatic N) is 3. The summed E-state index contributed by atoms with van der Waals surface area (Å²) >= 11 is 3.21. The minimum Gasteiger partial charge on any atom is -0.361 e. The third-order valence-electron chi connectivity index (χ3n) is 4.23. The molecule has 0 N–H and O–H groups in total. The molecule has 5 nitrogen and oxygen atoms in total. The van der Waals surface area contributed by atoms with E-state index in [4.69, 9.17) is 4.52 Å². The summed E-state index contributed by atoms with van der Waals surface area (Å²) in [6.45, 7) is 2.36. The maximum Gasteiger partial charge on any atom is 0.255 e. The number of carbonyl (C=O) groups is 1. The van der Waals surface area contributed by atoms with Gasteiger partial charge < -0.3 is 9.42 Å². The molecule has 2 aromatic carbocycles. The first-order valence-corrected chi connectivity index (χ1v) is 10.6. The average Bonchev–Trinajstić information content (AvgIpc) is 3.31. The summed E-state index contributed by atoms with van der Waals surface area (Å²) in [5.41, 5.74) is 2.53. The summed E-state index contributed by atoms with van der Waals surface area (Å²) < 4.78 is 6.25. The molecule has 2 aromatic heterocycles. The van der Waals surface area contributed by atoms with Crippen molar-refractivity contribution in [1.29, 1.82) is 0 Å². The molecule has 2 heterocycles. The topological polar surface area (TPSA) is 59.2 Å². The van der Waals surface area contributed by atoms with Crippen LogP contribution in [0.15, 0.2) is 64.0 Å². The average molecular weight is 410 g/mol. The monoisotopic (exact) mass is 409 g/mol. The fraction of sp³-hybridized carbons (Fsp3) is 0.190. The second-order valence-corrected chi connectivity index (χ2v) is 8.58. The van der Waals surface area contributed by atoms with Crippen molar-refractivity contribution in [2.24, 2.45) is 0 Å². The Balaban J connectivity index is 1.48. The SMILES string of the molecule is Cc1cc(CSc2ccccc2C(=O)N(C)Cc2nc3ccccc3s2)no1. The van der Waals surface area contributed by atoms with E-state index in [1.54, 1.807) is 28.0 Å². The van der Waals surface area contributed by atoms with E-state index in [1.807, 2.05) is 62.5 Å². The molecule has 0 spiro atoms. The number of carbonyl (C=O) groups excluding carboxylic acids is 1. The summed E-state index contributed by atoms with van der Waals surface area (Å²) in [5.74, 6) is 1.43. The fourth-order valence-electron chi connectivity index (χ4n) is 2.87. The van der Waals surface area contributed by atoms with Gasteiger partial charge in [-0.15, -0.1) is 23.1 Å². The lowest BCUT2D eigenvalue weighted by Crippen LogP contribution is -2.26. The van der Waals surface area contributed by atoms with Gasteiger partial charge in [0.15, 0.2) is 0 Å². The van der Waals surface area contributed by atoms with Crippen LogP contribution in [0.5, 0.6) is 0 Å². The van der Waals surface area contributed by atoms with Gasteiger partial charge in [-0.25, -0.2) is 4.98 Å². The highest BCUT2D eigenvalue weighted by Gasteiger charge is 2.18. The molecule has 4 aromatic rings. The summed E-state index contributed by atoms with van der Waals surface area (Å²) in [7, 11) is 1.82. The zero-order valence-corrected chi connectivity index (χ0v) is 17.2. The van der Waals surface area contributed by atoms with Gasteiger partial charge in [0.25, 0.3) is 5.91 Å². The first-order chi connectivity index (χ1) is 13.6. The molecule has 0 unspecified atom stereocenters. The van der Waals surface area contributed by atoms with E-state index in [0.717, 1.165) is 31.6 Å². The number of para-hydroxylation sites is 1. The van der Waals surface area contributed by atoms with Gasteiger partial charge in [-0.2, -0.15) is 0 Å². The van der Waals surface area contributed by atoms with E-state index >= 15 is 0 Å².